The number of para-hydroxylation sites is 2. The lowest BCUT2D eigenvalue weighted by atomic mass is 9.68. The molecule has 2 atom stereocenters. The van der Waals surface area contributed by atoms with Gasteiger partial charge in [-0.05, 0) is 41.7 Å². The number of ketones is 1. The molecule has 1 aliphatic carbocycles. The molecule has 1 unspecified atom stereocenters. The molecule has 2 aromatic rings. The molecule has 2 aromatic carbocycles. The predicted molar refractivity (Wildman–Crippen MR) is 106 cm³/mol. The van der Waals surface area contributed by atoms with E-state index in [4.69, 9.17) is 4.99 Å². The van der Waals surface area contributed by atoms with E-state index in [9.17, 15) is 4.79 Å². The molecule has 128 valence electrons. The van der Waals surface area contributed by atoms with E-state index in [0.717, 1.165) is 33.5 Å². The zero-order valence-corrected chi connectivity index (χ0v) is 16.0. The Morgan fingerprint density at radius 1 is 1.12 bits per heavy atom. The van der Waals surface area contributed by atoms with Gasteiger partial charge in [-0.25, -0.2) is 0 Å². The fourth-order valence-electron chi connectivity index (χ4n) is 3.99. The maximum absolute atomic E-state index is 13.1. The maximum Gasteiger partial charge on any atom is 0.144 e. The van der Waals surface area contributed by atoms with Gasteiger partial charge in [-0.2, -0.15) is 0 Å². The predicted octanol–water partition coefficient (Wildman–Crippen LogP) is 5.69. The van der Waals surface area contributed by atoms with Crippen molar-refractivity contribution >= 4 is 38.8 Å². The molecule has 1 saturated carbocycles. The first-order valence-electron chi connectivity index (χ1n) is 8.64. The van der Waals surface area contributed by atoms with Gasteiger partial charge in [0, 0.05) is 16.6 Å². The van der Waals surface area contributed by atoms with E-state index in [1.54, 1.807) is 0 Å². The van der Waals surface area contributed by atoms with Crippen molar-refractivity contribution in [1.29, 1.82) is 0 Å². The van der Waals surface area contributed by atoms with Crippen LogP contribution in [0.1, 0.15) is 38.3 Å². The number of hydrogen-bond donors (Lipinski definition) is 1. The van der Waals surface area contributed by atoms with Gasteiger partial charge in [-0.1, -0.05) is 54.0 Å². The molecule has 4 rings (SSSR count). The Labute approximate surface area is 156 Å². The SMILES string of the molecule is CC1(C)CC(=O)C2C(=Nc3ccccc3N[C@H]2c2cccc(Br)c2)C1. The van der Waals surface area contributed by atoms with E-state index in [1.165, 1.54) is 0 Å². The van der Waals surface area contributed by atoms with Crippen LogP contribution in [0.4, 0.5) is 11.4 Å². The van der Waals surface area contributed by atoms with Gasteiger partial charge in [-0.3, -0.25) is 9.79 Å². The van der Waals surface area contributed by atoms with E-state index >= 15 is 0 Å². The van der Waals surface area contributed by atoms with Crippen LogP contribution in [0, 0.1) is 11.3 Å². The van der Waals surface area contributed by atoms with Crippen LogP contribution in [0.5, 0.6) is 0 Å². The Kier molecular flexibility index (Phi) is 4.03. The summed E-state index contributed by atoms with van der Waals surface area (Å²) in [6.45, 7) is 4.31. The second-order valence-corrected chi connectivity index (χ2v) is 8.67. The normalized spacial score (nSPS) is 24.4. The number of carbonyl (C=O) groups excluding carboxylic acids is 1. The second-order valence-electron chi connectivity index (χ2n) is 7.76. The number of Topliss-reactive ketones (excluding diaryl/α,β-unsaturated/α-hetero) is 1. The zero-order chi connectivity index (χ0) is 17.6. The van der Waals surface area contributed by atoms with Crippen molar-refractivity contribution in [2.45, 2.75) is 32.7 Å². The smallest absolute Gasteiger partial charge is 0.144 e. The van der Waals surface area contributed by atoms with E-state index in [-0.39, 0.29) is 23.2 Å². The van der Waals surface area contributed by atoms with Crippen molar-refractivity contribution in [3.8, 4) is 0 Å². The topological polar surface area (TPSA) is 41.5 Å². The summed E-state index contributed by atoms with van der Waals surface area (Å²) in [7, 11) is 0. The van der Waals surface area contributed by atoms with Crippen molar-refractivity contribution in [3.05, 3.63) is 58.6 Å². The second kappa shape index (κ2) is 6.10. The van der Waals surface area contributed by atoms with E-state index in [0.29, 0.717) is 6.42 Å². The number of fused-ring (bicyclic) bond motifs is 2. The lowest BCUT2D eigenvalue weighted by molar-refractivity contribution is -0.124. The fourth-order valence-corrected chi connectivity index (χ4v) is 4.41. The van der Waals surface area contributed by atoms with Gasteiger partial charge in [0.05, 0.1) is 23.3 Å². The number of carbonyl (C=O) groups is 1. The van der Waals surface area contributed by atoms with E-state index in [2.05, 4.69) is 47.2 Å². The molecular formula is C21H21BrN2O. The number of hydrogen-bond acceptors (Lipinski definition) is 3. The van der Waals surface area contributed by atoms with E-state index in [1.807, 2.05) is 36.4 Å². The average Bonchev–Trinajstić information content (AvgIpc) is 2.70. The van der Waals surface area contributed by atoms with Gasteiger partial charge in [0.15, 0.2) is 0 Å². The van der Waals surface area contributed by atoms with Crippen LogP contribution in [0.25, 0.3) is 0 Å². The molecule has 0 spiro atoms. The number of halogens is 1. The van der Waals surface area contributed by atoms with Crippen molar-refractivity contribution in [3.63, 3.8) is 0 Å². The van der Waals surface area contributed by atoms with Crippen molar-refractivity contribution in [2.24, 2.45) is 16.3 Å². The van der Waals surface area contributed by atoms with Gasteiger partial charge in [0.1, 0.15) is 5.78 Å². The van der Waals surface area contributed by atoms with Gasteiger partial charge < -0.3 is 5.32 Å². The van der Waals surface area contributed by atoms with Crippen molar-refractivity contribution in [2.75, 3.05) is 5.32 Å². The standard InChI is InChI=1S/C21H21BrN2O/c1-21(2)11-17-19(18(25)12-21)20(13-6-5-7-14(22)10-13)24-16-9-4-3-8-15(16)23-17/h3-10,19-20,24H,11-12H2,1-2H3/t19?,20-/m0/s1. The molecule has 1 fully saturated rings. The molecule has 0 bridgehead atoms. The molecule has 1 aliphatic heterocycles. The summed E-state index contributed by atoms with van der Waals surface area (Å²) < 4.78 is 1.02. The van der Waals surface area contributed by atoms with Crippen molar-refractivity contribution in [1.82, 2.24) is 0 Å². The van der Waals surface area contributed by atoms with Gasteiger partial charge in [0.2, 0.25) is 0 Å². The number of rotatable bonds is 1. The zero-order valence-electron chi connectivity index (χ0n) is 14.4. The summed E-state index contributed by atoms with van der Waals surface area (Å²) in [6, 6.07) is 16.2. The quantitative estimate of drug-likeness (QED) is 0.671. The molecule has 0 saturated heterocycles. The molecule has 1 heterocycles. The van der Waals surface area contributed by atoms with Crippen LogP contribution in [0.15, 0.2) is 58.0 Å². The third-order valence-electron chi connectivity index (χ3n) is 5.04. The molecule has 0 aromatic heterocycles. The highest BCUT2D eigenvalue weighted by Gasteiger charge is 2.43. The lowest BCUT2D eigenvalue weighted by Gasteiger charge is -2.37. The summed E-state index contributed by atoms with van der Waals surface area (Å²) in [4.78, 5) is 18.0. The summed E-state index contributed by atoms with van der Waals surface area (Å²) in [5, 5.41) is 3.60. The minimum atomic E-state index is -0.213. The first-order valence-corrected chi connectivity index (χ1v) is 9.43. The molecule has 3 nitrogen and oxygen atoms in total. The van der Waals surface area contributed by atoms with Gasteiger partial charge >= 0.3 is 0 Å². The summed E-state index contributed by atoms with van der Waals surface area (Å²) in [5.41, 5.74) is 3.99. The van der Waals surface area contributed by atoms with Gasteiger partial charge in [0.25, 0.3) is 0 Å². The number of nitrogens with one attached hydrogen (secondary N) is 1. The van der Waals surface area contributed by atoms with Crippen LogP contribution < -0.4 is 5.32 Å². The summed E-state index contributed by atoms with van der Waals surface area (Å²) in [5.74, 6) is 0.0648. The largest absolute Gasteiger partial charge is 0.375 e. The molecular weight excluding hydrogens is 376 g/mol. The molecule has 1 N–H and O–H groups in total. The monoisotopic (exact) mass is 396 g/mol. The Bertz CT molecular complexity index is 872. The molecule has 4 heteroatoms. The number of benzene rings is 2. The van der Waals surface area contributed by atoms with Crippen LogP contribution in [-0.4, -0.2) is 11.5 Å². The average molecular weight is 397 g/mol. The minimum Gasteiger partial charge on any atom is -0.375 e. The Hall–Kier alpha value is -1.94. The third-order valence-corrected chi connectivity index (χ3v) is 5.53. The first kappa shape index (κ1) is 16.5. The summed E-state index contributed by atoms with van der Waals surface area (Å²) in [6.07, 6.45) is 1.45. The third kappa shape index (κ3) is 3.15. The van der Waals surface area contributed by atoms with Crippen LogP contribution in [-0.2, 0) is 4.79 Å². The minimum absolute atomic E-state index is 0.0342. The van der Waals surface area contributed by atoms with Crippen LogP contribution >= 0.6 is 15.9 Å². The highest BCUT2D eigenvalue weighted by atomic mass is 79.9. The van der Waals surface area contributed by atoms with Crippen molar-refractivity contribution < 1.29 is 4.79 Å². The number of nitrogens with zero attached hydrogens (tertiary/aromatic N) is 1. The number of aliphatic imine (C=N–C) groups is 1. The van der Waals surface area contributed by atoms with Gasteiger partial charge in [-0.15, -0.1) is 0 Å². The van der Waals surface area contributed by atoms with Crippen LogP contribution in [0.3, 0.4) is 0 Å². The highest BCUT2D eigenvalue weighted by molar-refractivity contribution is 9.10. The fraction of sp³-hybridized carbons (Fsp3) is 0.333. The first-order chi connectivity index (χ1) is 11.9. The number of anilines is 1. The Morgan fingerprint density at radius 3 is 2.72 bits per heavy atom. The molecule has 25 heavy (non-hydrogen) atoms. The molecule has 0 radical (unpaired) electrons. The van der Waals surface area contributed by atoms with Crippen LogP contribution in [0.2, 0.25) is 0 Å². The molecule has 2 aliphatic rings. The summed E-state index contributed by atoms with van der Waals surface area (Å²) >= 11 is 3.56. The lowest BCUT2D eigenvalue weighted by Crippen LogP contribution is -2.42. The van der Waals surface area contributed by atoms with E-state index < -0.39 is 0 Å². The maximum atomic E-state index is 13.1. The Balaban J connectivity index is 1.87. The highest BCUT2D eigenvalue weighted by Crippen LogP contribution is 2.45. The molecule has 0 amide bonds. The Morgan fingerprint density at radius 2 is 1.92 bits per heavy atom.